The highest BCUT2D eigenvalue weighted by Crippen LogP contribution is 2.31. The molecule has 1 atom stereocenters. The molecule has 0 unspecified atom stereocenters. The molecule has 0 saturated carbocycles. The topological polar surface area (TPSA) is 38.8 Å². The largest absolute Gasteiger partial charge is 0.374 e. The lowest BCUT2D eigenvalue weighted by molar-refractivity contribution is 0.0885. The van der Waals surface area contributed by atoms with Crippen LogP contribution in [0.5, 0.6) is 0 Å². The second kappa shape index (κ2) is 8.86. The van der Waals surface area contributed by atoms with Gasteiger partial charge in [0.2, 0.25) is 0 Å². The SMILES string of the molecule is CN1CCN([C@@H](CNC(=O)c2ccccc2Br)c2ccc3c(c2)CCN3C)CC1. The number of hydrogen-bond donors (Lipinski definition) is 1. The van der Waals surface area contributed by atoms with E-state index in [0.717, 1.165) is 43.6 Å². The van der Waals surface area contributed by atoms with Crippen LogP contribution in [0.25, 0.3) is 0 Å². The van der Waals surface area contributed by atoms with E-state index in [1.807, 2.05) is 24.3 Å². The van der Waals surface area contributed by atoms with Gasteiger partial charge in [0.1, 0.15) is 0 Å². The molecule has 2 heterocycles. The predicted octanol–water partition coefficient (Wildman–Crippen LogP) is 3.16. The maximum absolute atomic E-state index is 12.8. The van der Waals surface area contributed by atoms with Crippen molar-refractivity contribution in [1.82, 2.24) is 15.1 Å². The van der Waals surface area contributed by atoms with Crippen molar-refractivity contribution in [3.63, 3.8) is 0 Å². The van der Waals surface area contributed by atoms with E-state index in [1.54, 1.807) is 0 Å². The second-order valence-corrected chi connectivity index (χ2v) is 8.96. The molecule has 2 aliphatic heterocycles. The van der Waals surface area contributed by atoms with E-state index in [0.29, 0.717) is 12.1 Å². The maximum Gasteiger partial charge on any atom is 0.252 e. The number of nitrogens with zero attached hydrogens (tertiary/aromatic N) is 3. The molecule has 2 aliphatic rings. The summed E-state index contributed by atoms with van der Waals surface area (Å²) in [5.41, 5.74) is 4.74. The first-order valence-electron chi connectivity index (χ1n) is 10.3. The Morgan fingerprint density at radius 3 is 2.59 bits per heavy atom. The Balaban J connectivity index is 1.54. The van der Waals surface area contributed by atoms with Crippen LogP contribution in [-0.2, 0) is 6.42 Å². The van der Waals surface area contributed by atoms with Gasteiger partial charge < -0.3 is 15.1 Å². The highest BCUT2D eigenvalue weighted by Gasteiger charge is 2.26. The van der Waals surface area contributed by atoms with E-state index in [-0.39, 0.29) is 11.9 Å². The van der Waals surface area contributed by atoms with Crippen molar-refractivity contribution in [2.45, 2.75) is 12.5 Å². The summed E-state index contributed by atoms with van der Waals surface area (Å²) < 4.78 is 0.828. The minimum atomic E-state index is -0.0301. The molecule has 0 radical (unpaired) electrons. The number of anilines is 1. The molecule has 4 rings (SSSR count). The average molecular weight is 457 g/mol. The summed E-state index contributed by atoms with van der Waals surface area (Å²) in [6.07, 6.45) is 1.10. The second-order valence-electron chi connectivity index (χ2n) is 8.10. The molecule has 2 aromatic rings. The molecule has 6 heteroatoms. The first kappa shape index (κ1) is 20.4. The highest BCUT2D eigenvalue weighted by molar-refractivity contribution is 9.10. The lowest BCUT2D eigenvalue weighted by Crippen LogP contribution is -2.48. The van der Waals surface area contributed by atoms with Gasteiger partial charge in [0.05, 0.1) is 11.6 Å². The van der Waals surface area contributed by atoms with Crippen LogP contribution in [0.15, 0.2) is 46.9 Å². The molecule has 29 heavy (non-hydrogen) atoms. The van der Waals surface area contributed by atoms with E-state index >= 15 is 0 Å². The summed E-state index contributed by atoms with van der Waals surface area (Å²) in [5.74, 6) is -0.0301. The fraction of sp³-hybridized carbons (Fsp3) is 0.435. The normalized spacial score (nSPS) is 18.5. The van der Waals surface area contributed by atoms with Crippen molar-refractivity contribution >= 4 is 27.5 Å². The Kier molecular flexibility index (Phi) is 6.23. The third-order valence-electron chi connectivity index (χ3n) is 6.17. The number of amides is 1. The number of piperazine rings is 1. The van der Waals surface area contributed by atoms with Crippen LogP contribution < -0.4 is 10.2 Å². The molecular formula is C23H29BrN4O. The molecular weight excluding hydrogens is 428 g/mol. The minimum Gasteiger partial charge on any atom is -0.374 e. The molecule has 1 N–H and O–H groups in total. The van der Waals surface area contributed by atoms with Crippen LogP contribution in [0.2, 0.25) is 0 Å². The van der Waals surface area contributed by atoms with Gasteiger partial charge in [-0.05, 0) is 58.7 Å². The zero-order chi connectivity index (χ0) is 20.4. The van der Waals surface area contributed by atoms with Crippen molar-refractivity contribution in [3.8, 4) is 0 Å². The number of rotatable bonds is 5. The number of halogens is 1. The van der Waals surface area contributed by atoms with E-state index in [9.17, 15) is 4.79 Å². The predicted molar refractivity (Wildman–Crippen MR) is 122 cm³/mol. The Hall–Kier alpha value is -1.89. The fourth-order valence-corrected chi connectivity index (χ4v) is 4.78. The van der Waals surface area contributed by atoms with Crippen molar-refractivity contribution < 1.29 is 4.79 Å². The maximum atomic E-state index is 12.8. The standard InChI is InChI=1S/C23H29BrN4O/c1-26-11-13-28(14-12-26)22(16-25-23(29)19-5-3-4-6-20(19)24)17-7-8-21-18(15-17)9-10-27(21)2/h3-8,15,22H,9-14,16H2,1-2H3,(H,25,29)/t22-/m0/s1. The number of benzene rings is 2. The minimum absolute atomic E-state index is 0.0301. The Morgan fingerprint density at radius 1 is 1.07 bits per heavy atom. The number of carbonyl (C=O) groups is 1. The van der Waals surface area contributed by atoms with Gasteiger partial charge in [0, 0.05) is 56.5 Å². The number of carbonyl (C=O) groups excluding carboxylic acids is 1. The van der Waals surface area contributed by atoms with E-state index in [1.165, 1.54) is 16.8 Å². The quantitative estimate of drug-likeness (QED) is 0.749. The van der Waals surface area contributed by atoms with E-state index in [4.69, 9.17) is 0 Å². The lowest BCUT2D eigenvalue weighted by Gasteiger charge is -2.38. The fourth-order valence-electron chi connectivity index (χ4n) is 4.32. The van der Waals surface area contributed by atoms with Crippen LogP contribution >= 0.6 is 15.9 Å². The molecule has 154 valence electrons. The third-order valence-corrected chi connectivity index (χ3v) is 6.86. The van der Waals surface area contributed by atoms with Gasteiger partial charge in [0.25, 0.3) is 5.91 Å². The molecule has 0 aliphatic carbocycles. The van der Waals surface area contributed by atoms with Gasteiger partial charge in [-0.1, -0.05) is 24.3 Å². The zero-order valence-electron chi connectivity index (χ0n) is 17.2. The summed E-state index contributed by atoms with van der Waals surface area (Å²) in [4.78, 5) is 20.0. The molecule has 5 nitrogen and oxygen atoms in total. The van der Waals surface area contributed by atoms with Gasteiger partial charge in [-0.3, -0.25) is 9.69 Å². The number of nitrogens with one attached hydrogen (secondary N) is 1. The van der Waals surface area contributed by atoms with Gasteiger partial charge in [-0.15, -0.1) is 0 Å². The van der Waals surface area contributed by atoms with E-state index < -0.39 is 0 Å². The zero-order valence-corrected chi connectivity index (χ0v) is 18.8. The Morgan fingerprint density at radius 2 is 1.83 bits per heavy atom. The summed E-state index contributed by atoms with van der Waals surface area (Å²) >= 11 is 3.49. The van der Waals surface area contributed by atoms with Crippen LogP contribution in [0.3, 0.4) is 0 Å². The molecule has 2 aromatic carbocycles. The first-order valence-corrected chi connectivity index (χ1v) is 11.1. The molecule has 0 spiro atoms. The number of hydrogen-bond acceptors (Lipinski definition) is 4. The van der Waals surface area contributed by atoms with Crippen molar-refractivity contribution in [2.24, 2.45) is 0 Å². The van der Waals surface area contributed by atoms with Crippen molar-refractivity contribution in [3.05, 3.63) is 63.6 Å². The summed E-state index contributed by atoms with van der Waals surface area (Å²) in [6.45, 7) is 5.84. The Bertz CT molecular complexity index is 879. The van der Waals surface area contributed by atoms with Crippen LogP contribution in [0.4, 0.5) is 5.69 Å². The number of fused-ring (bicyclic) bond motifs is 1. The molecule has 1 amide bonds. The van der Waals surface area contributed by atoms with Gasteiger partial charge >= 0.3 is 0 Å². The first-order chi connectivity index (χ1) is 14.0. The molecule has 0 aromatic heterocycles. The van der Waals surface area contributed by atoms with Gasteiger partial charge in [0.15, 0.2) is 0 Å². The monoisotopic (exact) mass is 456 g/mol. The highest BCUT2D eigenvalue weighted by atomic mass is 79.9. The molecule has 1 fully saturated rings. The summed E-state index contributed by atoms with van der Waals surface area (Å²) in [5, 5.41) is 3.19. The van der Waals surface area contributed by atoms with Crippen LogP contribution in [-0.4, -0.2) is 69.1 Å². The smallest absolute Gasteiger partial charge is 0.252 e. The van der Waals surface area contributed by atoms with Gasteiger partial charge in [-0.2, -0.15) is 0 Å². The van der Waals surface area contributed by atoms with Crippen molar-refractivity contribution in [1.29, 1.82) is 0 Å². The number of likely N-dealkylation sites (N-methyl/N-ethyl adjacent to an activating group) is 2. The molecule has 1 saturated heterocycles. The van der Waals surface area contributed by atoms with Gasteiger partial charge in [-0.25, -0.2) is 0 Å². The summed E-state index contributed by atoms with van der Waals surface area (Å²) in [7, 11) is 4.33. The third kappa shape index (κ3) is 4.49. The Labute approximate surface area is 181 Å². The van der Waals surface area contributed by atoms with Crippen LogP contribution in [0.1, 0.15) is 27.5 Å². The summed E-state index contributed by atoms with van der Waals surface area (Å²) in [6, 6.07) is 14.6. The average Bonchev–Trinajstić information content (AvgIpc) is 3.10. The van der Waals surface area contributed by atoms with Crippen LogP contribution in [0, 0.1) is 0 Å². The molecule has 0 bridgehead atoms. The van der Waals surface area contributed by atoms with Crippen molar-refractivity contribution in [2.75, 3.05) is 58.3 Å². The lowest BCUT2D eigenvalue weighted by atomic mass is 10.00. The van der Waals surface area contributed by atoms with E-state index in [2.05, 4.69) is 68.2 Å².